The fourth-order valence-corrected chi connectivity index (χ4v) is 1.58. The molecule has 0 atom stereocenters. The zero-order valence-electron chi connectivity index (χ0n) is 9.76. The lowest BCUT2D eigenvalue weighted by molar-refractivity contribution is 0.413. The van der Waals surface area contributed by atoms with Crippen LogP contribution in [0.2, 0.25) is 5.02 Å². The lowest BCUT2D eigenvalue weighted by Crippen LogP contribution is -2.34. The summed E-state index contributed by atoms with van der Waals surface area (Å²) >= 11 is 10.9. The molecular weight excluding hydrogens is 261 g/mol. The third-order valence-electron chi connectivity index (χ3n) is 2.02. The van der Waals surface area contributed by atoms with Gasteiger partial charge in [0.15, 0.2) is 5.11 Å². The predicted octanol–water partition coefficient (Wildman–Crippen LogP) is 2.33. The molecular formula is C11H15ClFN3S. The maximum Gasteiger partial charge on any atom is 0.170 e. The van der Waals surface area contributed by atoms with E-state index >= 15 is 0 Å². The molecule has 2 N–H and O–H groups in total. The summed E-state index contributed by atoms with van der Waals surface area (Å²) in [5, 5.41) is 6.72. The molecule has 6 heteroatoms. The van der Waals surface area contributed by atoms with E-state index in [1.54, 1.807) is 6.07 Å². The average Bonchev–Trinajstić information content (AvgIpc) is 2.21. The molecule has 0 spiro atoms. The normalized spacial score (nSPS) is 10.4. The summed E-state index contributed by atoms with van der Waals surface area (Å²) in [6.07, 6.45) is 0. The van der Waals surface area contributed by atoms with Crippen LogP contribution in [0.1, 0.15) is 0 Å². The van der Waals surface area contributed by atoms with Crippen LogP contribution in [0.4, 0.5) is 10.1 Å². The number of nitrogens with zero attached hydrogens (tertiary/aromatic N) is 1. The highest BCUT2D eigenvalue weighted by molar-refractivity contribution is 7.80. The Hall–Kier alpha value is -0.910. The summed E-state index contributed by atoms with van der Waals surface area (Å²) in [6, 6.07) is 4.13. The largest absolute Gasteiger partial charge is 0.361 e. The molecule has 3 nitrogen and oxygen atoms in total. The minimum atomic E-state index is -0.368. The molecule has 1 aromatic rings. The van der Waals surface area contributed by atoms with E-state index in [1.165, 1.54) is 12.1 Å². The molecule has 0 radical (unpaired) electrons. The number of rotatable bonds is 4. The highest BCUT2D eigenvalue weighted by atomic mass is 35.5. The van der Waals surface area contributed by atoms with Gasteiger partial charge in [-0.2, -0.15) is 0 Å². The molecule has 0 amide bonds. The van der Waals surface area contributed by atoms with Crippen LogP contribution in [-0.2, 0) is 0 Å². The number of likely N-dealkylation sites (N-methyl/N-ethyl adjacent to an activating group) is 1. The van der Waals surface area contributed by atoms with Gasteiger partial charge in [0.05, 0.1) is 10.7 Å². The molecule has 0 aliphatic heterocycles. The lowest BCUT2D eigenvalue weighted by atomic mass is 10.3. The molecule has 0 heterocycles. The lowest BCUT2D eigenvalue weighted by Gasteiger charge is -2.14. The summed E-state index contributed by atoms with van der Waals surface area (Å²) in [7, 11) is 3.96. The Labute approximate surface area is 111 Å². The maximum absolute atomic E-state index is 12.8. The second kappa shape index (κ2) is 6.74. The van der Waals surface area contributed by atoms with E-state index in [-0.39, 0.29) is 5.82 Å². The SMILES string of the molecule is CN(C)CCNC(=S)Nc1ccc(F)cc1Cl. The second-order valence-corrected chi connectivity index (χ2v) is 4.62. The first-order chi connectivity index (χ1) is 7.99. The standard InChI is InChI=1S/C11H15ClFN3S/c1-16(2)6-5-14-11(17)15-10-4-3-8(13)7-9(10)12/h3-4,7H,5-6H2,1-2H3,(H2,14,15,17). The van der Waals surface area contributed by atoms with Gasteiger partial charge >= 0.3 is 0 Å². The number of thiocarbonyl (C=S) groups is 1. The van der Waals surface area contributed by atoms with E-state index < -0.39 is 0 Å². The average molecular weight is 276 g/mol. The summed E-state index contributed by atoms with van der Waals surface area (Å²) < 4.78 is 12.8. The van der Waals surface area contributed by atoms with Gasteiger partial charge in [0.25, 0.3) is 0 Å². The van der Waals surface area contributed by atoms with Crippen molar-refractivity contribution in [2.45, 2.75) is 0 Å². The Morgan fingerprint density at radius 2 is 2.18 bits per heavy atom. The zero-order valence-corrected chi connectivity index (χ0v) is 11.3. The topological polar surface area (TPSA) is 27.3 Å². The molecule has 0 unspecified atom stereocenters. The summed E-state index contributed by atoms with van der Waals surface area (Å²) in [4.78, 5) is 2.04. The Balaban J connectivity index is 2.45. The Kier molecular flexibility index (Phi) is 5.61. The van der Waals surface area contributed by atoms with Crippen molar-refractivity contribution in [3.63, 3.8) is 0 Å². The Bertz CT molecular complexity index is 398. The number of halogens is 2. The van der Waals surface area contributed by atoms with Crippen LogP contribution >= 0.6 is 23.8 Å². The van der Waals surface area contributed by atoms with Crippen molar-refractivity contribution in [3.05, 3.63) is 29.0 Å². The van der Waals surface area contributed by atoms with Gasteiger partial charge in [0.1, 0.15) is 5.82 Å². The van der Waals surface area contributed by atoms with Gasteiger partial charge < -0.3 is 15.5 Å². The number of hydrogen-bond acceptors (Lipinski definition) is 2. The molecule has 0 fully saturated rings. The Morgan fingerprint density at radius 3 is 2.76 bits per heavy atom. The van der Waals surface area contributed by atoms with Crippen LogP contribution in [0.25, 0.3) is 0 Å². The van der Waals surface area contributed by atoms with E-state index in [2.05, 4.69) is 10.6 Å². The molecule has 0 saturated heterocycles. The minimum absolute atomic E-state index is 0.307. The molecule has 17 heavy (non-hydrogen) atoms. The van der Waals surface area contributed by atoms with Crippen molar-refractivity contribution in [2.24, 2.45) is 0 Å². The highest BCUT2D eigenvalue weighted by Gasteiger charge is 2.03. The first-order valence-electron chi connectivity index (χ1n) is 5.13. The van der Waals surface area contributed by atoms with Crippen LogP contribution in [0.5, 0.6) is 0 Å². The van der Waals surface area contributed by atoms with Gasteiger partial charge in [0, 0.05) is 13.1 Å². The molecule has 1 aromatic carbocycles. The van der Waals surface area contributed by atoms with Crippen molar-refractivity contribution >= 4 is 34.6 Å². The molecule has 0 saturated carbocycles. The van der Waals surface area contributed by atoms with Crippen LogP contribution in [0.15, 0.2) is 18.2 Å². The van der Waals surface area contributed by atoms with Crippen LogP contribution < -0.4 is 10.6 Å². The number of hydrogen-bond donors (Lipinski definition) is 2. The van der Waals surface area contributed by atoms with Crippen molar-refractivity contribution < 1.29 is 4.39 Å². The number of nitrogens with one attached hydrogen (secondary N) is 2. The van der Waals surface area contributed by atoms with Gasteiger partial charge in [-0.25, -0.2) is 4.39 Å². The minimum Gasteiger partial charge on any atom is -0.361 e. The Morgan fingerprint density at radius 1 is 1.47 bits per heavy atom. The predicted molar refractivity (Wildman–Crippen MR) is 74.2 cm³/mol. The molecule has 0 aliphatic carbocycles. The monoisotopic (exact) mass is 275 g/mol. The molecule has 0 aliphatic rings. The van der Waals surface area contributed by atoms with Crippen LogP contribution in [0.3, 0.4) is 0 Å². The van der Waals surface area contributed by atoms with Crippen molar-refractivity contribution in [1.82, 2.24) is 10.2 Å². The van der Waals surface area contributed by atoms with Gasteiger partial charge in [-0.05, 0) is 44.5 Å². The number of benzene rings is 1. The van der Waals surface area contributed by atoms with E-state index in [0.29, 0.717) is 15.8 Å². The van der Waals surface area contributed by atoms with Gasteiger partial charge in [0.2, 0.25) is 0 Å². The van der Waals surface area contributed by atoms with E-state index in [0.717, 1.165) is 13.1 Å². The van der Waals surface area contributed by atoms with E-state index in [4.69, 9.17) is 23.8 Å². The third-order valence-corrected chi connectivity index (χ3v) is 2.58. The summed E-state index contributed by atoms with van der Waals surface area (Å²) in [5.74, 6) is -0.368. The van der Waals surface area contributed by atoms with E-state index in [1.807, 2.05) is 19.0 Å². The third kappa shape index (κ3) is 5.30. The summed E-state index contributed by atoms with van der Waals surface area (Å²) in [5.41, 5.74) is 0.593. The molecule has 0 aromatic heterocycles. The zero-order chi connectivity index (χ0) is 12.8. The van der Waals surface area contributed by atoms with E-state index in [9.17, 15) is 4.39 Å². The van der Waals surface area contributed by atoms with Gasteiger partial charge in [-0.15, -0.1) is 0 Å². The first-order valence-corrected chi connectivity index (χ1v) is 5.92. The quantitative estimate of drug-likeness (QED) is 0.825. The van der Waals surface area contributed by atoms with Gasteiger partial charge in [-0.3, -0.25) is 0 Å². The smallest absolute Gasteiger partial charge is 0.170 e. The maximum atomic E-state index is 12.8. The van der Waals surface area contributed by atoms with Gasteiger partial charge in [-0.1, -0.05) is 11.6 Å². The second-order valence-electron chi connectivity index (χ2n) is 3.81. The number of anilines is 1. The molecule has 1 rings (SSSR count). The van der Waals surface area contributed by atoms with Crippen molar-refractivity contribution in [1.29, 1.82) is 0 Å². The first kappa shape index (κ1) is 14.2. The molecule has 0 bridgehead atoms. The fourth-order valence-electron chi connectivity index (χ4n) is 1.15. The van der Waals surface area contributed by atoms with Crippen molar-refractivity contribution in [2.75, 3.05) is 32.5 Å². The van der Waals surface area contributed by atoms with Crippen LogP contribution in [0, 0.1) is 5.82 Å². The van der Waals surface area contributed by atoms with Crippen LogP contribution in [-0.4, -0.2) is 37.2 Å². The van der Waals surface area contributed by atoms with Crippen molar-refractivity contribution in [3.8, 4) is 0 Å². The fraction of sp³-hybridized carbons (Fsp3) is 0.364. The molecule has 94 valence electrons. The summed E-state index contributed by atoms with van der Waals surface area (Å²) in [6.45, 7) is 1.61. The highest BCUT2D eigenvalue weighted by Crippen LogP contribution is 2.22.